The number of aromatic nitrogens is 1. The zero-order valence-electron chi connectivity index (χ0n) is 7.65. The van der Waals surface area contributed by atoms with Gasteiger partial charge in [-0.2, -0.15) is 0 Å². The molecule has 0 spiro atoms. The Kier molecular flexibility index (Phi) is 2.19. The summed E-state index contributed by atoms with van der Waals surface area (Å²) in [4.78, 5) is 5.60. The van der Waals surface area contributed by atoms with Gasteiger partial charge in [-0.15, -0.1) is 11.3 Å². The number of furan rings is 1. The average molecular weight is 193 g/mol. The summed E-state index contributed by atoms with van der Waals surface area (Å²) in [5.41, 5.74) is 0. The van der Waals surface area contributed by atoms with Gasteiger partial charge in [0.15, 0.2) is 10.8 Å². The standard InChI is InChI=1S/C10H11NOS/c1-7(2)9-6-11-10(13-9)8-4-3-5-12-8/h3-7H,1-2H3. The summed E-state index contributed by atoms with van der Waals surface area (Å²) in [5, 5.41) is 0.966. The summed E-state index contributed by atoms with van der Waals surface area (Å²) >= 11 is 1.69. The van der Waals surface area contributed by atoms with Crippen LogP contribution in [0.25, 0.3) is 10.8 Å². The minimum atomic E-state index is 0.543. The van der Waals surface area contributed by atoms with Crippen LogP contribution < -0.4 is 0 Å². The first-order valence-electron chi connectivity index (χ1n) is 4.27. The van der Waals surface area contributed by atoms with E-state index in [1.165, 1.54) is 4.88 Å². The van der Waals surface area contributed by atoms with Crippen molar-refractivity contribution in [3.05, 3.63) is 29.5 Å². The third-order valence-corrected chi connectivity index (χ3v) is 3.14. The van der Waals surface area contributed by atoms with Gasteiger partial charge in [0.25, 0.3) is 0 Å². The fourth-order valence-corrected chi connectivity index (χ4v) is 1.95. The van der Waals surface area contributed by atoms with Gasteiger partial charge in [0.1, 0.15) is 0 Å². The van der Waals surface area contributed by atoms with Crippen LogP contribution in [0, 0.1) is 0 Å². The van der Waals surface area contributed by atoms with Gasteiger partial charge in [-0.3, -0.25) is 0 Å². The molecule has 0 atom stereocenters. The minimum Gasteiger partial charge on any atom is -0.462 e. The van der Waals surface area contributed by atoms with Crippen LogP contribution in [-0.4, -0.2) is 4.98 Å². The number of rotatable bonds is 2. The highest BCUT2D eigenvalue weighted by atomic mass is 32.1. The summed E-state index contributed by atoms with van der Waals surface area (Å²) in [5.74, 6) is 1.40. The molecule has 0 aliphatic rings. The van der Waals surface area contributed by atoms with Gasteiger partial charge in [0.2, 0.25) is 0 Å². The monoisotopic (exact) mass is 193 g/mol. The Morgan fingerprint density at radius 3 is 2.85 bits per heavy atom. The molecule has 0 aliphatic heterocycles. The van der Waals surface area contributed by atoms with Crippen molar-refractivity contribution in [3.63, 3.8) is 0 Å². The van der Waals surface area contributed by atoms with Gasteiger partial charge >= 0.3 is 0 Å². The first kappa shape index (κ1) is 8.51. The molecule has 0 amide bonds. The number of hydrogen-bond acceptors (Lipinski definition) is 3. The van der Waals surface area contributed by atoms with Crippen molar-refractivity contribution in [2.75, 3.05) is 0 Å². The van der Waals surface area contributed by atoms with Crippen molar-refractivity contribution in [2.45, 2.75) is 19.8 Å². The molecule has 2 aromatic heterocycles. The molecule has 0 unspecified atom stereocenters. The molecule has 0 saturated heterocycles. The molecule has 0 aliphatic carbocycles. The molecule has 0 aromatic carbocycles. The fraction of sp³-hybridized carbons (Fsp3) is 0.300. The summed E-state index contributed by atoms with van der Waals surface area (Å²) < 4.78 is 5.26. The molecule has 0 radical (unpaired) electrons. The predicted octanol–water partition coefficient (Wildman–Crippen LogP) is 3.53. The van der Waals surface area contributed by atoms with Gasteiger partial charge in [-0.25, -0.2) is 4.98 Å². The third-order valence-electron chi connectivity index (χ3n) is 1.82. The van der Waals surface area contributed by atoms with Crippen molar-refractivity contribution in [1.82, 2.24) is 4.98 Å². The number of nitrogens with zero attached hydrogens (tertiary/aromatic N) is 1. The van der Waals surface area contributed by atoms with E-state index in [9.17, 15) is 0 Å². The highest BCUT2D eigenvalue weighted by Crippen LogP contribution is 2.29. The summed E-state index contributed by atoms with van der Waals surface area (Å²) in [7, 11) is 0. The number of thiazole rings is 1. The molecule has 13 heavy (non-hydrogen) atoms. The first-order valence-corrected chi connectivity index (χ1v) is 5.08. The van der Waals surface area contributed by atoms with Crippen LogP contribution in [0.15, 0.2) is 29.0 Å². The molecule has 2 nitrogen and oxygen atoms in total. The molecular formula is C10H11NOS. The van der Waals surface area contributed by atoms with Gasteiger partial charge < -0.3 is 4.42 Å². The Balaban J connectivity index is 2.33. The largest absolute Gasteiger partial charge is 0.462 e. The fourth-order valence-electron chi connectivity index (χ4n) is 1.07. The Bertz CT molecular complexity index is 375. The molecular weight excluding hydrogens is 182 g/mol. The lowest BCUT2D eigenvalue weighted by atomic mass is 10.2. The molecule has 0 saturated carbocycles. The van der Waals surface area contributed by atoms with Gasteiger partial charge in [0, 0.05) is 11.1 Å². The second-order valence-corrected chi connectivity index (χ2v) is 4.26. The Morgan fingerprint density at radius 1 is 1.46 bits per heavy atom. The van der Waals surface area contributed by atoms with Crippen LogP contribution in [-0.2, 0) is 0 Å². The Labute approximate surface area is 81.2 Å². The van der Waals surface area contributed by atoms with E-state index in [2.05, 4.69) is 18.8 Å². The van der Waals surface area contributed by atoms with Crippen molar-refractivity contribution >= 4 is 11.3 Å². The van der Waals surface area contributed by atoms with Crippen molar-refractivity contribution in [2.24, 2.45) is 0 Å². The van der Waals surface area contributed by atoms with Crippen LogP contribution in [0.4, 0.5) is 0 Å². The predicted molar refractivity (Wildman–Crippen MR) is 53.9 cm³/mol. The second kappa shape index (κ2) is 3.34. The van der Waals surface area contributed by atoms with E-state index < -0.39 is 0 Å². The van der Waals surface area contributed by atoms with E-state index in [0.29, 0.717) is 5.92 Å². The molecule has 3 heteroatoms. The minimum absolute atomic E-state index is 0.543. The highest BCUT2D eigenvalue weighted by Gasteiger charge is 2.08. The maximum Gasteiger partial charge on any atom is 0.162 e. The van der Waals surface area contributed by atoms with Crippen LogP contribution in [0.1, 0.15) is 24.6 Å². The van der Waals surface area contributed by atoms with E-state index in [0.717, 1.165) is 10.8 Å². The van der Waals surface area contributed by atoms with Crippen LogP contribution >= 0.6 is 11.3 Å². The molecule has 0 fully saturated rings. The van der Waals surface area contributed by atoms with E-state index in [1.54, 1.807) is 17.6 Å². The SMILES string of the molecule is CC(C)c1cnc(-c2ccco2)s1. The topological polar surface area (TPSA) is 26.0 Å². The maximum atomic E-state index is 5.26. The number of hydrogen-bond donors (Lipinski definition) is 0. The Hall–Kier alpha value is -1.09. The molecule has 2 heterocycles. The van der Waals surface area contributed by atoms with Crippen molar-refractivity contribution in [3.8, 4) is 10.8 Å². The maximum absolute atomic E-state index is 5.26. The van der Waals surface area contributed by atoms with Gasteiger partial charge in [-0.05, 0) is 18.1 Å². The van der Waals surface area contributed by atoms with E-state index in [1.807, 2.05) is 18.3 Å². The molecule has 0 N–H and O–H groups in total. The van der Waals surface area contributed by atoms with Crippen LogP contribution in [0.2, 0.25) is 0 Å². The summed E-state index contributed by atoms with van der Waals surface area (Å²) in [6.45, 7) is 4.33. The first-order chi connectivity index (χ1) is 6.27. The second-order valence-electron chi connectivity index (χ2n) is 3.20. The van der Waals surface area contributed by atoms with Crippen LogP contribution in [0.5, 0.6) is 0 Å². The quantitative estimate of drug-likeness (QED) is 0.729. The lowest BCUT2D eigenvalue weighted by Gasteiger charge is -1.95. The van der Waals surface area contributed by atoms with Gasteiger partial charge in [0.05, 0.1) is 6.26 Å². The zero-order chi connectivity index (χ0) is 9.26. The normalized spacial score (nSPS) is 11.0. The lowest BCUT2D eigenvalue weighted by molar-refractivity contribution is 0.582. The van der Waals surface area contributed by atoms with E-state index in [-0.39, 0.29) is 0 Å². The molecule has 0 bridgehead atoms. The smallest absolute Gasteiger partial charge is 0.162 e. The Morgan fingerprint density at radius 2 is 2.31 bits per heavy atom. The molecule has 2 aromatic rings. The summed E-state index contributed by atoms with van der Waals surface area (Å²) in [6, 6.07) is 3.81. The third kappa shape index (κ3) is 1.65. The highest BCUT2D eigenvalue weighted by molar-refractivity contribution is 7.15. The molecule has 68 valence electrons. The van der Waals surface area contributed by atoms with Crippen molar-refractivity contribution in [1.29, 1.82) is 0 Å². The average Bonchev–Trinajstić information content (AvgIpc) is 2.75. The van der Waals surface area contributed by atoms with Gasteiger partial charge in [-0.1, -0.05) is 13.8 Å². The lowest BCUT2D eigenvalue weighted by Crippen LogP contribution is -1.77. The van der Waals surface area contributed by atoms with E-state index >= 15 is 0 Å². The molecule has 2 rings (SSSR count). The van der Waals surface area contributed by atoms with Crippen LogP contribution in [0.3, 0.4) is 0 Å². The van der Waals surface area contributed by atoms with Crippen molar-refractivity contribution < 1.29 is 4.42 Å². The van der Waals surface area contributed by atoms with E-state index in [4.69, 9.17) is 4.42 Å². The zero-order valence-corrected chi connectivity index (χ0v) is 8.47. The summed E-state index contributed by atoms with van der Waals surface area (Å²) in [6.07, 6.45) is 3.60.